The number of amides is 1. The van der Waals surface area contributed by atoms with Gasteiger partial charge in [0.05, 0.1) is 12.1 Å². The van der Waals surface area contributed by atoms with Gasteiger partial charge in [-0.3, -0.25) is 4.79 Å². The quantitative estimate of drug-likeness (QED) is 0.556. The van der Waals surface area contributed by atoms with E-state index in [2.05, 4.69) is 28.6 Å². The van der Waals surface area contributed by atoms with Gasteiger partial charge < -0.3 is 25.0 Å². The van der Waals surface area contributed by atoms with Crippen molar-refractivity contribution >= 4 is 34.5 Å². The summed E-state index contributed by atoms with van der Waals surface area (Å²) in [6.45, 7) is 6.63. The molecule has 0 saturated carbocycles. The van der Waals surface area contributed by atoms with Crippen molar-refractivity contribution in [2.75, 3.05) is 25.4 Å². The van der Waals surface area contributed by atoms with Crippen molar-refractivity contribution < 1.29 is 14.6 Å². The maximum atomic E-state index is 12.1. The van der Waals surface area contributed by atoms with Crippen molar-refractivity contribution in [3.8, 4) is 5.75 Å². The summed E-state index contributed by atoms with van der Waals surface area (Å²) in [5, 5.41) is 10.5. The van der Waals surface area contributed by atoms with Crippen LogP contribution in [0, 0.1) is 12.8 Å². The van der Waals surface area contributed by atoms with E-state index in [1.165, 1.54) is 18.1 Å². The second-order valence-corrected chi connectivity index (χ2v) is 10.3. The molecule has 0 bridgehead atoms. The molecule has 9 heteroatoms. The minimum absolute atomic E-state index is 0.172. The molecule has 5 rings (SSSR count). The number of benzene rings is 1. The minimum atomic E-state index is -0.930. The van der Waals surface area contributed by atoms with Gasteiger partial charge in [-0.1, -0.05) is 17.8 Å². The normalized spacial score (nSPS) is 17.1. The molecule has 4 heterocycles. The van der Waals surface area contributed by atoms with Gasteiger partial charge in [-0.2, -0.15) is 0 Å². The second-order valence-electron chi connectivity index (χ2n) is 9.27. The van der Waals surface area contributed by atoms with Gasteiger partial charge >= 0.3 is 0 Å². The molecule has 1 aromatic carbocycles. The van der Waals surface area contributed by atoms with Crippen LogP contribution in [0.5, 0.6) is 5.75 Å². The Kier molecular flexibility index (Phi) is 6.40. The summed E-state index contributed by atoms with van der Waals surface area (Å²) in [7, 11) is 0. The lowest BCUT2D eigenvalue weighted by Crippen LogP contribution is -2.43. The van der Waals surface area contributed by atoms with Gasteiger partial charge in [0.1, 0.15) is 17.4 Å². The number of anilines is 1. The molecule has 1 atom stereocenters. The molecule has 180 valence electrons. The number of aliphatic hydroxyl groups excluding tert-OH is 1. The molecule has 2 aliphatic heterocycles. The number of aliphatic hydroxyl groups is 1. The minimum Gasteiger partial charge on any atom is -0.493 e. The Labute approximate surface area is 203 Å². The molecule has 1 fully saturated rings. The smallest absolute Gasteiger partial charge is 0.251 e. The molecule has 3 N–H and O–H groups in total. The van der Waals surface area contributed by atoms with Crippen molar-refractivity contribution in [3.63, 3.8) is 0 Å². The molecule has 1 amide bonds. The first kappa shape index (κ1) is 23.0. The lowest BCUT2D eigenvalue weighted by atomic mass is 9.93. The van der Waals surface area contributed by atoms with E-state index in [1.807, 2.05) is 6.07 Å². The molecule has 2 aliphatic rings. The molecular weight excluding hydrogens is 450 g/mol. The van der Waals surface area contributed by atoms with Gasteiger partial charge in [-0.15, -0.1) is 0 Å². The lowest BCUT2D eigenvalue weighted by molar-refractivity contribution is -0.140. The number of carbonyl (C=O) groups is 1. The van der Waals surface area contributed by atoms with Crippen LogP contribution in [0.25, 0.3) is 11.0 Å². The number of aromatic nitrogens is 3. The number of fused-ring (bicyclic) bond motifs is 2. The highest BCUT2D eigenvalue weighted by Crippen LogP contribution is 2.38. The van der Waals surface area contributed by atoms with Crippen molar-refractivity contribution in [2.45, 2.75) is 62.2 Å². The number of piperidine rings is 1. The maximum absolute atomic E-state index is 12.1. The first-order chi connectivity index (χ1) is 16.4. The lowest BCUT2D eigenvalue weighted by Gasteiger charge is -2.33. The fraction of sp³-hybridized carbons (Fsp3) is 0.480. The van der Waals surface area contributed by atoms with E-state index in [1.54, 1.807) is 22.9 Å². The van der Waals surface area contributed by atoms with Crippen LogP contribution in [0.1, 0.15) is 37.3 Å². The zero-order valence-corrected chi connectivity index (χ0v) is 20.5. The Morgan fingerprint density at radius 2 is 2.15 bits per heavy atom. The number of aryl methyl sites for hydroxylation is 2. The summed E-state index contributed by atoms with van der Waals surface area (Å²) in [6.07, 6.45) is 4.64. The number of pyridine rings is 1. The standard InChI is InChI=1S/C25H31N5O3S/c1-15-13-18-7-12-33-20(18)14-21(15)34-25-28-22-19(3-8-27-23(22)26)30(25)11-6-17-4-9-29(10-5-17)24(32)16(2)31/h3,8,13-14,16-17,31H,4-7,9-12H2,1-2H3,(H2,26,27). The highest BCUT2D eigenvalue weighted by Gasteiger charge is 2.26. The SMILES string of the molecule is Cc1cc2c(cc1Sc1nc3c(N)nccc3n1CCC1CCN(C(=O)C(C)O)CC1)OCC2. The van der Waals surface area contributed by atoms with Crippen LogP contribution in [0.3, 0.4) is 0 Å². The molecule has 34 heavy (non-hydrogen) atoms. The van der Waals surface area contributed by atoms with Crippen LogP contribution in [0.2, 0.25) is 0 Å². The van der Waals surface area contributed by atoms with Gasteiger partial charge in [0, 0.05) is 37.1 Å². The predicted molar refractivity (Wildman–Crippen MR) is 132 cm³/mol. The van der Waals surface area contributed by atoms with Gasteiger partial charge in [0.25, 0.3) is 5.91 Å². The Balaban J connectivity index is 1.36. The van der Waals surface area contributed by atoms with Gasteiger partial charge in [0.2, 0.25) is 0 Å². The number of hydrogen-bond donors (Lipinski definition) is 2. The first-order valence-electron chi connectivity index (χ1n) is 11.9. The van der Waals surface area contributed by atoms with Gasteiger partial charge in [-0.25, -0.2) is 9.97 Å². The van der Waals surface area contributed by atoms with E-state index in [4.69, 9.17) is 15.5 Å². The fourth-order valence-electron chi connectivity index (χ4n) is 4.90. The molecule has 3 aromatic rings. The number of hydrogen-bond acceptors (Lipinski definition) is 7. The second kappa shape index (κ2) is 9.46. The van der Waals surface area contributed by atoms with E-state index in [0.717, 1.165) is 65.7 Å². The number of nitrogens with zero attached hydrogens (tertiary/aromatic N) is 4. The maximum Gasteiger partial charge on any atom is 0.251 e. The summed E-state index contributed by atoms with van der Waals surface area (Å²) in [5.74, 6) is 1.75. The summed E-state index contributed by atoms with van der Waals surface area (Å²) in [4.78, 5) is 24.1. The zero-order chi connectivity index (χ0) is 23.8. The molecule has 2 aromatic heterocycles. The third-order valence-electron chi connectivity index (χ3n) is 6.89. The van der Waals surface area contributed by atoms with E-state index in [9.17, 15) is 9.90 Å². The van der Waals surface area contributed by atoms with Crippen molar-refractivity contribution in [2.24, 2.45) is 5.92 Å². The molecular formula is C25H31N5O3S. The third-order valence-corrected chi connectivity index (χ3v) is 8.05. The molecule has 0 spiro atoms. The average molecular weight is 482 g/mol. The Hall–Kier alpha value is -2.78. The topological polar surface area (TPSA) is 106 Å². The van der Waals surface area contributed by atoms with Crippen molar-refractivity contribution in [1.82, 2.24) is 19.4 Å². The number of carbonyl (C=O) groups excluding carboxylic acids is 1. The number of nitrogens with two attached hydrogens (primary N) is 1. The van der Waals surface area contributed by atoms with E-state index >= 15 is 0 Å². The van der Waals surface area contributed by atoms with Crippen LogP contribution in [-0.4, -0.2) is 56.2 Å². The Morgan fingerprint density at radius 3 is 2.91 bits per heavy atom. The summed E-state index contributed by atoms with van der Waals surface area (Å²) < 4.78 is 8.04. The fourth-order valence-corrected chi connectivity index (χ4v) is 5.92. The number of likely N-dealkylation sites (tertiary alicyclic amines) is 1. The third kappa shape index (κ3) is 4.46. The molecule has 0 radical (unpaired) electrons. The molecule has 0 aliphatic carbocycles. The number of nitrogen functional groups attached to an aromatic ring is 1. The van der Waals surface area contributed by atoms with Crippen molar-refractivity contribution in [1.29, 1.82) is 0 Å². The first-order valence-corrected chi connectivity index (χ1v) is 12.7. The van der Waals surface area contributed by atoms with E-state index in [-0.39, 0.29) is 5.91 Å². The van der Waals surface area contributed by atoms with Gasteiger partial charge in [0.15, 0.2) is 11.0 Å². The van der Waals surface area contributed by atoms with Crippen LogP contribution in [-0.2, 0) is 17.8 Å². The number of imidazole rings is 1. The van der Waals surface area contributed by atoms with Crippen LogP contribution < -0.4 is 10.5 Å². The predicted octanol–water partition coefficient (Wildman–Crippen LogP) is 3.42. The number of rotatable bonds is 6. The highest BCUT2D eigenvalue weighted by atomic mass is 32.2. The molecule has 1 saturated heterocycles. The van der Waals surface area contributed by atoms with Crippen LogP contribution in [0.4, 0.5) is 5.82 Å². The Bertz CT molecular complexity index is 1220. The average Bonchev–Trinajstić information content (AvgIpc) is 3.42. The summed E-state index contributed by atoms with van der Waals surface area (Å²) >= 11 is 1.64. The monoisotopic (exact) mass is 481 g/mol. The largest absolute Gasteiger partial charge is 0.493 e. The van der Waals surface area contributed by atoms with Crippen LogP contribution >= 0.6 is 11.8 Å². The Morgan fingerprint density at radius 1 is 1.35 bits per heavy atom. The highest BCUT2D eigenvalue weighted by molar-refractivity contribution is 7.99. The molecule has 1 unspecified atom stereocenters. The van der Waals surface area contributed by atoms with Crippen molar-refractivity contribution in [3.05, 3.63) is 35.5 Å². The van der Waals surface area contributed by atoms with Crippen LogP contribution in [0.15, 0.2) is 34.4 Å². The van der Waals surface area contributed by atoms with Gasteiger partial charge in [-0.05, 0) is 62.3 Å². The molecule has 8 nitrogen and oxygen atoms in total. The number of ether oxygens (including phenoxy) is 1. The summed E-state index contributed by atoms with van der Waals surface area (Å²) in [5.41, 5.74) is 10.4. The summed E-state index contributed by atoms with van der Waals surface area (Å²) in [6, 6.07) is 6.32. The van der Waals surface area contributed by atoms with E-state index < -0.39 is 6.10 Å². The zero-order valence-electron chi connectivity index (χ0n) is 19.7. The van der Waals surface area contributed by atoms with E-state index in [0.29, 0.717) is 24.8 Å².